The van der Waals surface area contributed by atoms with Gasteiger partial charge in [-0.3, -0.25) is 4.68 Å². The van der Waals surface area contributed by atoms with Gasteiger partial charge in [-0.25, -0.2) is 14.1 Å². The third kappa shape index (κ3) is 3.64. The molecule has 1 fully saturated rings. The van der Waals surface area contributed by atoms with Crippen molar-refractivity contribution in [3.63, 3.8) is 0 Å². The summed E-state index contributed by atoms with van der Waals surface area (Å²) in [5, 5.41) is 21.5. The van der Waals surface area contributed by atoms with Crippen molar-refractivity contribution < 1.29 is 14.0 Å². The van der Waals surface area contributed by atoms with Crippen molar-refractivity contribution in [1.82, 2.24) is 34.7 Å². The molecule has 4 rings (SSSR count). The average molecular weight is 361 g/mol. The van der Waals surface area contributed by atoms with Crippen LogP contribution in [-0.2, 0) is 25.9 Å². The van der Waals surface area contributed by atoms with E-state index in [0.29, 0.717) is 42.8 Å². The summed E-state index contributed by atoms with van der Waals surface area (Å²) in [5.74, 6) is 2.95. The molecule has 0 unspecified atom stereocenters. The molecule has 1 N–H and O–H groups in total. The molecule has 3 aromatic rings. The van der Waals surface area contributed by atoms with Gasteiger partial charge in [0.2, 0.25) is 5.89 Å². The van der Waals surface area contributed by atoms with E-state index in [1.165, 1.54) is 0 Å². The second-order valence-electron chi connectivity index (χ2n) is 6.30. The predicted molar refractivity (Wildman–Crippen MR) is 88.0 cm³/mol. The molecule has 0 amide bonds. The zero-order chi connectivity index (χ0) is 17.9. The van der Waals surface area contributed by atoms with Crippen LogP contribution in [0.25, 0.3) is 11.4 Å². The molecule has 3 heterocycles. The van der Waals surface area contributed by atoms with Crippen LogP contribution < -0.4 is 0 Å². The normalized spacial score (nSPS) is 14.2. The van der Waals surface area contributed by atoms with E-state index < -0.39 is 6.67 Å². The largest absolute Gasteiger partial charge is 0.394 e. The van der Waals surface area contributed by atoms with Gasteiger partial charge in [-0.05, 0) is 12.8 Å². The molecule has 0 radical (unpaired) electrons. The van der Waals surface area contributed by atoms with Gasteiger partial charge in [0.1, 0.15) is 12.5 Å². The molecule has 26 heavy (non-hydrogen) atoms. The van der Waals surface area contributed by atoms with E-state index in [0.717, 1.165) is 24.2 Å². The summed E-state index contributed by atoms with van der Waals surface area (Å²) < 4.78 is 21.3. The summed E-state index contributed by atoms with van der Waals surface area (Å²) in [6, 6.07) is 0. The standard InChI is InChI=1S/C16H20FN7O2/c17-5-6-24-13(3-4-14-20-16(22-26-14)11-1-2-11)19-15(21-24)12-9-18-23(10-12)7-8-25/h9-11,25H,1-8H2. The Morgan fingerprint density at radius 3 is 2.88 bits per heavy atom. The van der Waals surface area contributed by atoms with Crippen molar-refractivity contribution in [1.29, 1.82) is 0 Å². The van der Waals surface area contributed by atoms with E-state index in [9.17, 15) is 4.39 Å². The van der Waals surface area contributed by atoms with Crippen LogP contribution in [0.4, 0.5) is 4.39 Å². The Morgan fingerprint density at radius 1 is 1.23 bits per heavy atom. The highest BCUT2D eigenvalue weighted by Crippen LogP contribution is 2.38. The fourth-order valence-electron chi connectivity index (χ4n) is 2.74. The average Bonchev–Trinajstić information content (AvgIpc) is 3.05. The molecule has 0 atom stereocenters. The quantitative estimate of drug-likeness (QED) is 0.609. The van der Waals surface area contributed by atoms with Crippen LogP contribution >= 0.6 is 0 Å². The Morgan fingerprint density at radius 2 is 2.12 bits per heavy atom. The highest BCUT2D eigenvalue weighted by atomic mass is 19.1. The van der Waals surface area contributed by atoms with Gasteiger partial charge < -0.3 is 9.63 Å². The number of halogens is 1. The summed E-state index contributed by atoms with van der Waals surface area (Å²) >= 11 is 0. The SMILES string of the molecule is OCCn1cc(-c2nc(CCc3nc(C4CC4)no3)n(CCF)n2)cn1. The van der Waals surface area contributed by atoms with Crippen molar-refractivity contribution in [2.45, 2.75) is 44.7 Å². The number of nitrogens with zero attached hydrogens (tertiary/aromatic N) is 7. The lowest BCUT2D eigenvalue weighted by Gasteiger charge is -2.00. The zero-order valence-corrected chi connectivity index (χ0v) is 14.3. The van der Waals surface area contributed by atoms with Crippen molar-refractivity contribution in [2.24, 2.45) is 0 Å². The molecular weight excluding hydrogens is 341 g/mol. The number of aliphatic hydroxyl groups excluding tert-OH is 1. The van der Waals surface area contributed by atoms with Crippen LogP contribution in [0.1, 0.15) is 36.3 Å². The van der Waals surface area contributed by atoms with Gasteiger partial charge in [0.05, 0.1) is 31.5 Å². The highest BCUT2D eigenvalue weighted by molar-refractivity contribution is 5.51. The zero-order valence-electron chi connectivity index (χ0n) is 14.3. The van der Waals surface area contributed by atoms with Crippen LogP contribution in [0, 0.1) is 0 Å². The first-order valence-electron chi connectivity index (χ1n) is 8.72. The molecular formula is C16H20FN7O2. The Labute approximate surface area is 148 Å². The lowest BCUT2D eigenvalue weighted by Crippen LogP contribution is -2.08. The maximum Gasteiger partial charge on any atom is 0.227 e. The molecule has 9 nitrogen and oxygen atoms in total. The topological polar surface area (TPSA) is 108 Å². The van der Waals surface area contributed by atoms with Gasteiger partial charge in [0, 0.05) is 25.0 Å². The Bertz CT molecular complexity index is 868. The molecule has 1 saturated carbocycles. The number of hydrogen-bond donors (Lipinski definition) is 1. The summed E-state index contributed by atoms with van der Waals surface area (Å²) in [4.78, 5) is 8.93. The van der Waals surface area contributed by atoms with Crippen LogP contribution in [-0.4, -0.2) is 53.1 Å². The smallest absolute Gasteiger partial charge is 0.227 e. The minimum Gasteiger partial charge on any atom is -0.394 e. The second-order valence-corrected chi connectivity index (χ2v) is 6.30. The number of rotatable bonds is 9. The first kappa shape index (κ1) is 16.8. The van der Waals surface area contributed by atoms with Gasteiger partial charge in [-0.1, -0.05) is 5.16 Å². The lowest BCUT2D eigenvalue weighted by molar-refractivity contribution is 0.269. The van der Waals surface area contributed by atoms with Crippen molar-refractivity contribution in [3.8, 4) is 11.4 Å². The molecule has 0 saturated heterocycles. The number of aromatic nitrogens is 7. The number of hydrogen-bond acceptors (Lipinski definition) is 7. The predicted octanol–water partition coefficient (Wildman–Crippen LogP) is 1.15. The van der Waals surface area contributed by atoms with Crippen LogP contribution in [0.5, 0.6) is 0 Å². The first-order chi connectivity index (χ1) is 12.8. The Kier molecular flexibility index (Phi) is 4.74. The van der Waals surface area contributed by atoms with E-state index in [4.69, 9.17) is 9.63 Å². The maximum absolute atomic E-state index is 12.9. The lowest BCUT2D eigenvalue weighted by atomic mass is 10.3. The van der Waals surface area contributed by atoms with Gasteiger partial charge in [-0.15, -0.1) is 0 Å². The Balaban J connectivity index is 1.48. The monoisotopic (exact) mass is 361 g/mol. The third-order valence-corrected chi connectivity index (χ3v) is 4.25. The van der Waals surface area contributed by atoms with Gasteiger partial charge in [0.15, 0.2) is 11.6 Å². The fraction of sp³-hybridized carbons (Fsp3) is 0.562. The van der Waals surface area contributed by atoms with Gasteiger partial charge in [-0.2, -0.15) is 15.2 Å². The molecule has 138 valence electrons. The van der Waals surface area contributed by atoms with Crippen LogP contribution in [0.3, 0.4) is 0 Å². The fourth-order valence-corrected chi connectivity index (χ4v) is 2.74. The summed E-state index contributed by atoms with van der Waals surface area (Å²) in [6.45, 7) is 0.0257. The minimum atomic E-state index is -0.522. The maximum atomic E-state index is 12.9. The number of alkyl halides is 1. The van der Waals surface area contributed by atoms with E-state index in [1.54, 1.807) is 21.8 Å². The molecule has 0 aromatic carbocycles. The summed E-state index contributed by atoms with van der Waals surface area (Å²) in [7, 11) is 0. The van der Waals surface area contributed by atoms with Crippen LogP contribution in [0.2, 0.25) is 0 Å². The second kappa shape index (κ2) is 7.32. The van der Waals surface area contributed by atoms with E-state index in [-0.39, 0.29) is 13.2 Å². The molecule has 1 aliphatic rings. The number of aliphatic hydroxyl groups is 1. The summed E-state index contributed by atoms with van der Waals surface area (Å²) in [5.41, 5.74) is 0.728. The minimum absolute atomic E-state index is 0.00309. The highest BCUT2D eigenvalue weighted by Gasteiger charge is 2.28. The Hall–Kier alpha value is -2.62. The number of aryl methyl sites for hydroxylation is 3. The van der Waals surface area contributed by atoms with Gasteiger partial charge >= 0.3 is 0 Å². The first-order valence-corrected chi connectivity index (χ1v) is 8.72. The molecule has 3 aromatic heterocycles. The van der Waals surface area contributed by atoms with E-state index in [2.05, 4.69) is 25.3 Å². The molecule has 0 bridgehead atoms. The van der Waals surface area contributed by atoms with Crippen LogP contribution in [0.15, 0.2) is 16.9 Å². The third-order valence-electron chi connectivity index (χ3n) is 4.25. The molecule has 0 spiro atoms. The van der Waals surface area contributed by atoms with Gasteiger partial charge in [0.25, 0.3) is 0 Å². The molecule has 1 aliphatic carbocycles. The van der Waals surface area contributed by atoms with E-state index >= 15 is 0 Å². The van der Waals surface area contributed by atoms with Crippen molar-refractivity contribution in [3.05, 3.63) is 29.9 Å². The summed E-state index contributed by atoms with van der Waals surface area (Å²) in [6.07, 6.45) is 6.70. The molecule has 0 aliphatic heterocycles. The molecule has 10 heteroatoms. The van der Waals surface area contributed by atoms with Crippen molar-refractivity contribution >= 4 is 0 Å². The van der Waals surface area contributed by atoms with E-state index in [1.807, 2.05) is 0 Å². The van der Waals surface area contributed by atoms with Crippen molar-refractivity contribution in [2.75, 3.05) is 13.3 Å².